The zero-order valence-corrected chi connectivity index (χ0v) is 17.1. The van der Waals surface area contributed by atoms with Gasteiger partial charge in [0.05, 0.1) is 29.7 Å². The van der Waals surface area contributed by atoms with Crippen LogP contribution in [0.3, 0.4) is 0 Å². The van der Waals surface area contributed by atoms with E-state index in [2.05, 4.69) is 57.0 Å². The number of fused-ring (bicyclic) bond motifs is 2. The molecule has 4 nitrogen and oxygen atoms in total. The lowest BCUT2D eigenvalue weighted by Crippen LogP contribution is -2.21. The van der Waals surface area contributed by atoms with Crippen molar-refractivity contribution in [2.45, 2.75) is 56.5 Å². The van der Waals surface area contributed by atoms with Crippen LogP contribution in [0.25, 0.3) is 16.4 Å². The lowest BCUT2D eigenvalue weighted by atomic mass is 9.74. The van der Waals surface area contributed by atoms with Crippen LogP contribution in [0.2, 0.25) is 0 Å². The van der Waals surface area contributed by atoms with Gasteiger partial charge in [0.1, 0.15) is 0 Å². The van der Waals surface area contributed by atoms with Gasteiger partial charge in [-0.3, -0.25) is 4.98 Å². The molecule has 0 spiro atoms. The molecule has 6 rings (SSSR count). The predicted molar refractivity (Wildman–Crippen MR) is 119 cm³/mol. The Balaban J connectivity index is 1.27. The molecule has 2 aliphatic rings. The molecule has 4 heteroatoms. The Morgan fingerprint density at radius 1 is 0.900 bits per heavy atom. The Morgan fingerprint density at radius 2 is 1.67 bits per heavy atom. The van der Waals surface area contributed by atoms with E-state index in [0.717, 1.165) is 42.3 Å². The molecule has 1 N–H and O–H groups in total. The normalized spacial score (nSPS) is 23.1. The van der Waals surface area contributed by atoms with Crippen LogP contribution in [0.5, 0.6) is 0 Å². The Hall–Kier alpha value is -2.72. The van der Waals surface area contributed by atoms with E-state index >= 15 is 0 Å². The van der Waals surface area contributed by atoms with Gasteiger partial charge >= 0.3 is 0 Å². The van der Waals surface area contributed by atoms with E-state index in [-0.39, 0.29) is 0 Å². The highest BCUT2D eigenvalue weighted by Gasteiger charge is 2.34. The van der Waals surface area contributed by atoms with Crippen molar-refractivity contribution in [3.05, 3.63) is 78.0 Å². The molecular weight excluding hydrogens is 370 g/mol. The standard InChI is InChI=1S/C26H27N3O/c30-26(25-21(18-5-6-18)12-14-29-16-27-15-24(25)29)19-9-7-17(8-10-19)20-11-13-28-23-4-2-1-3-22(20)23/h1-4,11-19,26,30H,5-10H2/t17?,19?,26-/m0/s1. The van der Waals surface area contributed by atoms with Gasteiger partial charge in [0.25, 0.3) is 0 Å². The van der Waals surface area contributed by atoms with E-state index in [0.29, 0.717) is 17.8 Å². The summed E-state index contributed by atoms with van der Waals surface area (Å²) in [6, 6.07) is 12.9. The minimum atomic E-state index is -0.406. The van der Waals surface area contributed by atoms with Crippen molar-refractivity contribution >= 4 is 16.4 Å². The third kappa shape index (κ3) is 3.02. The SMILES string of the molecule is O[C@H](c1c(C2CC2)ccn2cncc12)C1CCC(c2ccnc3ccccc23)CC1. The zero-order valence-electron chi connectivity index (χ0n) is 17.1. The number of hydrogen-bond donors (Lipinski definition) is 1. The van der Waals surface area contributed by atoms with Crippen LogP contribution in [0, 0.1) is 5.92 Å². The molecule has 1 atom stereocenters. The molecule has 0 radical (unpaired) electrons. The number of aliphatic hydroxyl groups excluding tert-OH is 1. The molecule has 3 aromatic heterocycles. The summed E-state index contributed by atoms with van der Waals surface area (Å²) in [4.78, 5) is 8.86. The maximum Gasteiger partial charge on any atom is 0.0992 e. The van der Waals surface area contributed by atoms with E-state index in [1.165, 1.54) is 29.4 Å². The molecule has 2 aliphatic carbocycles. The number of imidazole rings is 1. The highest BCUT2D eigenvalue weighted by Crippen LogP contribution is 2.48. The van der Waals surface area contributed by atoms with Crippen LogP contribution in [-0.4, -0.2) is 19.5 Å². The lowest BCUT2D eigenvalue weighted by molar-refractivity contribution is 0.0811. The summed E-state index contributed by atoms with van der Waals surface area (Å²) in [5, 5.41) is 12.8. The number of hydrogen-bond acceptors (Lipinski definition) is 3. The second-order valence-electron chi connectivity index (χ2n) is 9.12. The molecule has 30 heavy (non-hydrogen) atoms. The fourth-order valence-corrected chi connectivity index (χ4v) is 5.56. The first-order valence-electron chi connectivity index (χ1n) is 11.3. The first kappa shape index (κ1) is 18.1. The van der Waals surface area contributed by atoms with Gasteiger partial charge < -0.3 is 9.51 Å². The first-order valence-corrected chi connectivity index (χ1v) is 11.3. The largest absolute Gasteiger partial charge is 0.388 e. The number of rotatable bonds is 4. The molecule has 0 aliphatic heterocycles. The summed E-state index contributed by atoms with van der Waals surface area (Å²) < 4.78 is 2.05. The summed E-state index contributed by atoms with van der Waals surface area (Å²) in [6.45, 7) is 0. The third-order valence-electron chi connectivity index (χ3n) is 7.32. The fourth-order valence-electron chi connectivity index (χ4n) is 5.56. The number of nitrogens with zero attached hydrogens (tertiary/aromatic N) is 3. The second kappa shape index (κ2) is 7.21. The average molecular weight is 398 g/mol. The van der Waals surface area contributed by atoms with Gasteiger partial charge in [-0.25, -0.2) is 4.98 Å². The number of benzene rings is 1. The molecule has 1 aromatic carbocycles. The van der Waals surface area contributed by atoms with Crippen molar-refractivity contribution in [3.8, 4) is 0 Å². The van der Waals surface area contributed by atoms with Crippen LogP contribution < -0.4 is 0 Å². The average Bonchev–Trinajstić information content (AvgIpc) is 3.54. The first-order chi connectivity index (χ1) is 14.8. The quantitative estimate of drug-likeness (QED) is 0.476. The predicted octanol–water partition coefficient (Wildman–Crippen LogP) is 5.77. The molecule has 3 heterocycles. The fraction of sp³-hybridized carbons (Fsp3) is 0.385. The number of pyridine rings is 2. The van der Waals surface area contributed by atoms with Gasteiger partial charge in [-0.2, -0.15) is 0 Å². The topological polar surface area (TPSA) is 50.4 Å². The van der Waals surface area contributed by atoms with Gasteiger partial charge in [0.2, 0.25) is 0 Å². The molecule has 0 bridgehead atoms. The Labute approximate surface area is 176 Å². The number of aromatic nitrogens is 3. The van der Waals surface area contributed by atoms with Crippen molar-refractivity contribution in [2.75, 3.05) is 0 Å². The summed E-state index contributed by atoms with van der Waals surface area (Å²) in [7, 11) is 0. The zero-order chi connectivity index (χ0) is 20.1. The van der Waals surface area contributed by atoms with Crippen molar-refractivity contribution in [2.24, 2.45) is 5.92 Å². The number of para-hydroxylation sites is 1. The maximum absolute atomic E-state index is 11.5. The summed E-state index contributed by atoms with van der Waals surface area (Å²) in [6.07, 6.45) is 14.2. The minimum absolute atomic E-state index is 0.313. The van der Waals surface area contributed by atoms with Gasteiger partial charge in [0, 0.05) is 23.3 Å². The van der Waals surface area contributed by atoms with Crippen molar-refractivity contribution in [1.29, 1.82) is 0 Å². The molecule has 0 amide bonds. The van der Waals surface area contributed by atoms with Crippen LogP contribution in [0.1, 0.15) is 73.2 Å². The smallest absolute Gasteiger partial charge is 0.0992 e. The molecule has 0 saturated heterocycles. The molecule has 0 unspecified atom stereocenters. The van der Waals surface area contributed by atoms with Gasteiger partial charge in [-0.1, -0.05) is 18.2 Å². The van der Waals surface area contributed by atoms with Crippen molar-refractivity contribution < 1.29 is 5.11 Å². The van der Waals surface area contributed by atoms with Crippen LogP contribution in [0.15, 0.2) is 61.3 Å². The van der Waals surface area contributed by atoms with Crippen LogP contribution in [0.4, 0.5) is 0 Å². The van der Waals surface area contributed by atoms with Gasteiger partial charge in [0.15, 0.2) is 0 Å². The summed E-state index contributed by atoms with van der Waals surface area (Å²) in [5.41, 5.74) is 6.06. The summed E-state index contributed by atoms with van der Waals surface area (Å²) >= 11 is 0. The third-order valence-corrected chi connectivity index (χ3v) is 7.32. The van der Waals surface area contributed by atoms with Gasteiger partial charge in [-0.15, -0.1) is 0 Å². The second-order valence-corrected chi connectivity index (χ2v) is 9.12. The number of aliphatic hydroxyl groups is 1. The van der Waals surface area contributed by atoms with E-state index in [1.807, 2.05) is 18.7 Å². The van der Waals surface area contributed by atoms with E-state index in [9.17, 15) is 5.11 Å². The van der Waals surface area contributed by atoms with E-state index < -0.39 is 6.10 Å². The monoisotopic (exact) mass is 397 g/mol. The summed E-state index contributed by atoms with van der Waals surface area (Å²) in [5.74, 6) is 1.48. The Bertz CT molecular complexity index is 1200. The molecule has 2 saturated carbocycles. The Kier molecular flexibility index (Phi) is 4.34. The highest BCUT2D eigenvalue weighted by atomic mass is 16.3. The van der Waals surface area contributed by atoms with Crippen molar-refractivity contribution in [3.63, 3.8) is 0 Å². The highest BCUT2D eigenvalue weighted by molar-refractivity contribution is 5.82. The Morgan fingerprint density at radius 3 is 2.50 bits per heavy atom. The van der Waals surface area contributed by atoms with Crippen LogP contribution in [-0.2, 0) is 0 Å². The molecule has 2 fully saturated rings. The van der Waals surface area contributed by atoms with E-state index in [1.54, 1.807) is 0 Å². The van der Waals surface area contributed by atoms with Gasteiger partial charge in [-0.05, 0) is 85.6 Å². The minimum Gasteiger partial charge on any atom is -0.388 e. The lowest BCUT2D eigenvalue weighted by Gasteiger charge is -2.33. The van der Waals surface area contributed by atoms with Crippen molar-refractivity contribution in [1.82, 2.24) is 14.4 Å². The molecule has 4 aromatic rings. The van der Waals surface area contributed by atoms with E-state index in [4.69, 9.17) is 0 Å². The molecule has 152 valence electrons. The van der Waals surface area contributed by atoms with Crippen LogP contribution >= 0.6 is 0 Å². The molecular formula is C26H27N3O. The maximum atomic E-state index is 11.5.